The number of para-hydroxylation sites is 1. The van der Waals surface area contributed by atoms with Gasteiger partial charge in [0.25, 0.3) is 0 Å². The minimum atomic E-state index is -0.233. The van der Waals surface area contributed by atoms with Gasteiger partial charge in [-0.15, -0.1) is 0 Å². The Morgan fingerprint density at radius 2 is 1.78 bits per heavy atom. The molecule has 122 valence electrons. The summed E-state index contributed by atoms with van der Waals surface area (Å²) >= 11 is 6.00. The van der Waals surface area contributed by atoms with Gasteiger partial charge in [0.15, 0.2) is 0 Å². The van der Waals surface area contributed by atoms with E-state index in [9.17, 15) is 4.79 Å². The van der Waals surface area contributed by atoms with Crippen LogP contribution in [0.15, 0.2) is 54.6 Å². The molecule has 0 aliphatic carbocycles. The van der Waals surface area contributed by atoms with Gasteiger partial charge in [-0.2, -0.15) is 0 Å². The monoisotopic (exact) mass is 331 g/mol. The van der Waals surface area contributed by atoms with E-state index in [0.717, 1.165) is 19.5 Å². The molecule has 0 aliphatic rings. The first-order valence-electron chi connectivity index (χ1n) is 7.67. The number of rotatable bonds is 7. The number of hydrogen-bond donors (Lipinski definition) is 2. The van der Waals surface area contributed by atoms with Crippen molar-refractivity contribution in [1.82, 2.24) is 10.2 Å². The van der Waals surface area contributed by atoms with E-state index in [2.05, 4.69) is 34.7 Å². The lowest BCUT2D eigenvalue weighted by Crippen LogP contribution is -2.31. The predicted octanol–water partition coefficient (Wildman–Crippen LogP) is 3.98. The SMILES string of the molecule is CN(CCCNC(=O)Nc1ccccc1Cl)Cc1ccccc1. The number of halogens is 1. The number of benzene rings is 2. The first kappa shape index (κ1) is 17.3. The summed E-state index contributed by atoms with van der Waals surface area (Å²) in [6.07, 6.45) is 0.888. The summed E-state index contributed by atoms with van der Waals surface area (Å²) in [5.41, 5.74) is 1.91. The van der Waals surface area contributed by atoms with Crippen LogP contribution < -0.4 is 10.6 Å². The zero-order valence-electron chi connectivity index (χ0n) is 13.3. The number of carbonyl (C=O) groups is 1. The van der Waals surface area contributed by atoms with Crippen LogP contribution in [0, 0.1) is 0 Å². The highest BCUT2D eigenvalue weighted by Gasteiger charge is 2.04. The Bertz CT molecular complexity index is 619. The Morgan fingerprint density at radius 1 is 1.09 bits per heavy atom. The van der Waals surface area contributed by atoms with Crippen molar-refractivity contribution in [1.29, 1.82) is 0 Å². The second-order valence-electron chi connectivity index (χ2n) is 5.44. The molecule has 0 aliphatic heterocycles. The molecule has 23 heavy (non-hydrogen) atoms. The molecule has 0 saturated heterocycles. The van der Waals surface area contributed by atoms with Crippen molar-refractivity contribution in [2.45, 2.75) is 13.0 Å². The van der Waals surface area contributed by atoms with Gasteiger partial charge < -0.3 is 15.5 Å². The predicted molar refractivity (Wildman–Crippen MR) is 95.9 cm³/mol. The zero-order chi connectivity index (χ0) is 16.5. The fourth-order valence-corrected chi connectivity index (χ4v) is 2.44. The maximum Gasteiger partial charge on any atom is 0.319 e. The molecule has 0 heterocycles. The molecule has 0 bridgehead atoms. The topological polar surface area (TPSA) is 44.4 Å². The summed E-state index contributed by atoms with van der Waals surface area (Å²) in [5.74, 6) is 0. The molecule has 0 unspecified atom stereocenters. The first-order chi connectivity index (χ1) is 11.1. The van der Waals surface area contributed by atoms with E-state index in [4.69, 9.17) is 11.6 Å². The Morgan fingerprint density at radius 3 is 2.52 bits per heavy atom. The Hall–Kier alpha value is -2.04. The van der Waals surface area contributed by atoms with E-state index in [1.54, 1.807) is 12.1 Å². The van der Waals surface area contributed by atoms with Crippen LogP contribution in [0.25, 0.3) is 0 Å². The standard InChI is InChI=1S/C18H22ClN3O/c1-22(14-15-8-3-2-4-9-15)13-7-12-20-18(23)21-17-11-6-5-10-16(17)19/h2-6,8-11H,7,12-14H2,1H3,(H2,20,21,23). The highest BCUT2D eigenvalue weighted by atomic mass is 35.5. The Balaban J connectivity index is 1.63. The molecule has 0 atom stereocenters. The van der Waals surface area contributed by atoms with Crippen LogP contribution in [-0.2, 0) is 6.54 Å². The van der Waals surface area contributed by atoms with Crippen molar-refractivity contribution in [2.24, 2.45) is 0 Å². The number of carbonyl (C=O) groups excluding carboxylic acids is 1. The molecule has 2 N–H and O–H groups in total. The van der Waals surface area contributed by atoms with Crippen LogP contribution in [-0.4, -0.2) is 31.1 Å². The second kappa shape index (κ2) is 9.18. The van der Waals surface area contributed by atoms with E-state index in [1.807, 2.05) is 30.3 Å². The lowest BCUT2D eigenvalue weighted by molar-refractivity contribution is 0.250. The minimum Gasteiger partial charge on any atom is -0.338 e. The van der Waals surface area contributed by atoms with Gasteiger partial charge >= 0.3 is 6.03 Å². The van der Waals surface area contributed by atoms with Gasteiger partial charge in [-0.05, 0) is 37.7 Å². The van der Waals surface area contributed by atoms with Crippen LogP contribution in [0.3, 0.4) is 0 Å². The highest BCUT2D eigenvalue weighted by molar-refractivity contribution is 6.33. The molecule has 0 spiro atoms. The number of urea groups is 1. The van der Waals surface area contributed by atoms with Gasteiger partial charge in [-0.25, -0.2) is 4.79 Å². The van der Waals surface area contributed by atoms with Crippen LogP contribution in [0.5, 0.6) is 0 Å². The van der Waals surface area contributed by atoms with Crippen molar-refractivity contribution >= 4 is 23.3 Å². The van der Waals surface area contributed by atoms with Crippen LogP contribution >= 0.6 is 11.6 Å². The molecule has 2 aromatic carbocycles. The highest BCUT2D eigenvalue weighted by Crippen LogP contribution is 2.19. The molecular weight excluding hydrogens is 310 g/mol. The first-order valence-corrected chi connectivity index (χ1v) is 8.05. The number of amides is 2. The van der Waals surface area contributed by atoms with Crippen molar-refractivity contribution in [3.8, 4) is 0 Å². The number of anilines is 1. The fourth-order valence-electron chi connectivity index (χ4n) is 2.25. The maximum atomic E-state index is 11.8. The van der Waals surface area contributed by atoms with Gasteiger partial charge in [-0.3, -0.25) is 0 Å². The van der Waals surface area contributed by atoms with Crippen molar-refractivity contribution in [3.05, 3.63) is 65.2 Å². The average Bonchev–Trinajstić information content (AvgIpc) is 2.55. The summed E-state index contributed by atoms with van der Waals surface area (Å²) in [5, 5.41) is 6.12. The Kier molecular flexibility index (Phi) is 6.91. The van der Waals surface area contributed by atoms with E-state index < -0.39 is 0 Å². The molecule has 5 heteroatoms. The minimum absolute atomic E-state index is 0.233. The van der Waals surface area contributed by atoms with E-state index >= 15 is 0 Å². The smallest absolute Gasteiger partial charge is 0.319 e. The van der Waals surface area contributed by atoms with E-state index in [-0.39, 0.29) is 6.03 Å². The lowest BCUT2D eigenvalue weighted by Gasteiger charge is -2.17. The van der Waals surface area contributed by atoms with E-state index in [0.29, 0.717) is 17.3 Å². The fraction of sp³-hybridized carbons (Fsp3) is 0.278. The molecule has 0 saturated carbocycles. The third-order valence-electron chi connectivity index (χ3n) is 3.42. The number of nitrogens with one attached hydrogen (secondary N) is 2. The zero-order valence-corrected chi connectivity index (χ0v) is 14.0. The normalized spacial score (nSPS) is 10.6. The van der Waals surface area contributed by atoms with Crippen LogP contribution in [0.2, 0.25) is 5.02 Å². The Labute approximate surface area is 142 Å². The number of hydrogen-bond acceptors (Lipinski definition) is 2. The molecule has 2 rings (SSSR count). The van der Waals surface area contributed by atoms with Crippen LogP contribution in [0.4, 0.5) is 10.5 Å². The summed E-state index contributed by atoms with van der Waals surface area (Å²) in [6, 6.07) is 17.3. The molecule has 4 nitrogen and oxygen atoms in total. The second-order valence-corrected chi connectivity index (χ2v) is 5.84. The van der Waals surface area contributed by atoms with Crippen molar-refractivity contribution in [3.63, 3.8) is 0 Å². The third kappa shape index (κ3) is 6.30. The van der Waals surface area contributed by atoms with Gasteiger partial charge in [0.05, 0.1) is 10.7 Å². The number of nitrogens with zero attached hydrogens (tertiary/aromatic N) is 1. The summed E-state index contributed by atoms with van der Waals surface area (Å²) in [6.45, 7) is 2.45. The third-order valence-corrected chi connectivity index (χ3v) is 3.75. The summed E-state index contributed by atoms with van der Waals surface area (Å²) in [4.78, 5) is 14.0. The molecule has 0 aromatic heterocycles. The summed E-state index contributed by atoms with van der Waals surface area (Å²) in [7, 11) is 2.08. The average molecular weight is 332 g/mol. The molecular formula is C18H22ClN3O. The molecule has 2 aromatic rings. The van der Waals surface area contributed by atoms with Crippen LogP contribution in [0.1, 0.15) is 12.0 Å². The van der Waals surface area contributed by atoms with Gasteiger partial charge in [-0.1, -0.05) is 54.1 Å². The van der Waals surface area contributed by atoms with Gasteiger partial charge in [0.2, 0.25) is 0 Å². The van der Waals surface area contributed by atoms with Gasteiger partial charge in [0, 0.05) is 13.1 Å². The molecule has 0 fully saturated rings. The lowest BCUT2D eigenvalue weighted by atomic mass is 10.2. The maximum absolute atomic E-state index is 11.8. The van der Waals surface area contributed by atoms with Crippen molar-refractivity contribution in [2.75, 3.05) is 25.5 Å². The van der Waals surface area contributed by atoms with Crippen molar-refractivity contribution < 1.29 is 4.79 Å². The molecule has 2 amide bonds. The quantitative estimate of drug-likeness (QED) is 0.754. The van der Waals surface area contributed by atoms with E-state index in [1.165, 1.54) is 5.56 Å². The van der Waals surface area contributed by atoms with Gasteiger partial charge in [0.1, 0.15) is 0 Å². The molecule has 0 radical (unpaired) electrons. The summed E-state index contributed by atoms with van der Waals surface area (Å²) < 4.78 is 0. The largest absolute Gasteiger partial charge is 0.338 e.